The molecule has 1 heterocycles. The van der Waals surface area contributed by atoms with Gasteiger partial charge in [0.2, 0.25) is 5.91 Å². The van der Waals surface area contributed by atoms with Crippen LogP contribution in [0.3, 0.4) is 0 Å². The highest BCUT2D eigenvalue weighted by Crippen LogP contribution is 2.26. The summed E-state index contributed by atoms with van der Waals surface area (Å²) in [6, 6.07) is 12.4. The number of benzene rings is 2. The molecule has 2 aromatic rings. The second-order valence-corrected chi connectivity index (χ2v) is 7.44. The Morgan fingerprint density at radius 2 is 1.92 bits per heavy atom. The molecule has 1 aliphatic rings. The summed E-state index contributed by atoms with van der Waals surface area (Å²) in [6.45, 7) is 0.611. The zero-order chi connectivity index (χ0) is 18.7. The molecule has 7 nitrogen and oxygen atoms in total. The summed E-state index contributed by atoms with van der Waals surface area (Å²) < 4.78 is 32.6. The molecule has 0 saturated carbocycles. The molecule has 1 saturated heterocycles. The summed E-state index contributed by atoms with van der Waals surface area (Å²) in [7, 11) is -2.82. The Hall–Kier alpha value is -2.87. The Balaban J connectivity index is 1.92. The molecule has 3 rings (SSSR count). The first-order valence-electron chi connectivity index (χ1n) is 8.03. The number of amides is 1. The first kappa shape index (κ1) is 17.9. The van der Waals surface area contributed by atoms with Crippen LogP contribution >= 0.6 is 0 Å². The van der Waals surface area contributed by atoms with Crippen molar-refractivity contribution in [3.8, 4) is 0 Å². The van der Waals surface area contributed by atoms with E-state index in [4.69, 9.17) is 0 Å². The van der Waals surface area contributed by atoms with Gasteiger partial charge in [0.15, 0.2) is 0 Å². The molecule has 26 heavy (non-hydrogen) atoms. The van der Waals surface area contributed by atoms with Crippen molar-refractivity contribution in [2.45, 2.75) is 17.7 Å². The molecule has 0 atom stereocenters. The second-order valence-electron chi connectivity index (χ2n) is 5.79. The van der Waals surface area contributed by atoms with E-state index in [1.807, 2.05) is 0 Å². The van der Waals surface area contributed by atoms with Crippen LogP contribution in [0.2, 0.25) is 0 Å². The zero-order valence-electron chi connectivity index (χ0n) is 14.1. The molecule has 1 N–H and O–H groups in total. The Labute approximate surface area is 151 Å². The SMILES string of the molecule is COC(=O)c1ccccc1S(=O)(=O)Nc1cccc(N2CCCC2=O)c1. The maximum Gasteiger partial charge on any atom is 0.339 e. The number of anilines is 2. The van der Waals surface area contributed by atoms with E-state index in [1.165, 1.54) is 25.3 Å². The number of methoxy groups -OCH3 is 1. The summed E-state index contributed by atoms with van der Waals surface area (Å²) in [5.74, 6) is -0.719. The summed E-state index contributed by atoms with van der Waals surface area (Å²) >= 11 is 0. The smallest absolute Gasteiger partial charge is 0.339 e. The summed E-state index contributed by atoms with van der Waals surface area (Å²) in [5, 5.41) is 0. The molecule has 0 spiro atoms. The van der Waals surface area contributed by atoms with Gasteiger partial charge in [-0.2, -0.15) is 0 Å². The Morgan fingerprint density at radius 1 is 1.15 bits per heavy atom. The van der Waals surface area contributed by atoms with E-state index in [0.717, 1.165) is 6.42 Å². The lowest BCUT2D eigenvalue weighted by atomic mass is 10.2. The highest BCUT2D eigenvalue weighted by molar-refractivity contribution is 7.92. The van der Waals surface area contributed by atoms with E-state index in [2.05, 4.69) is 9.46 Å². The lowest BCUT2D eigenvalue weighted by Gasteiger charge is -2.17. The number of rotatable bonds is 5. The van der Waals surface area contributed by atoms with Crippen LogP contribution in [0.25, 0.3) is 0 Å². The highest BCUT2D eigenvalue weighted by Gasteiger charge is 2.24. The summed E-state index contributed by atoms with van der Waals surface area (Å²) in [5.41, 5.74) is 0.893. The topological polar surface area (TPSA) is 92.8 Å². The molecule has 0 radical (unpaired) electrons. The molecular formula is C18H18N2O5S. The lowest BCUT2D eigenvalue weighted by molar-refractivity contribution is -0.117. The zero-order valence-corrected chi connectivity index (χ0v) is 15.0. The van der Waals surface area contributed by atoms with E-state index in [0.29, 0.717) is 24.3 Å². The molecule has 1 amide bonds. The van der Waals surface area contributed by atoms with E-state index in [1.54, 1.807) is 35.2 Å². The number of nitrogens with zero attached hydrogens (tertiary/aromatic N) is 1. The second kappa shape index (κ2) is 7.17. The van der Waals surface area contributed by atoms with Gasteiger partial charge >= 0.3 is 5.97 Å². The van der Waals surface area contributed by atoms with Gasteiger partial charge < -0.3 is 9.64 Å². The summed E-state index contributed by atoms with van der Waals surface area (Å²) in [4.78, 5) is 25.2. The third-order valence-electron chi connectivity index (χ3n) is 4.07. The maximum absolute atomic E-state index is 12.7. The van der Waals surface area contributed by atoms with Crippen molar-refractivity contribution in [3.63, 3.8) is 0 Å². The van der Waals surface area contributed by atoms with Gasteiger partial charge in [-0.1, -0.05) is 18.2 Å². The molecule has 0 unspecified atom stereocenters. The minimum absolute atomic E-state index is 0.0149. The third-order valence-corrected chi connectivity index (χ3v) is 5.50. The molecule has 0 bridgehead atoms. The molecule has 1 aliphatic heterocycles. The standard InChI is InChI=1S/C18H18N2O5S/c1-25-18(22)15-8-2-3-9-16(15)26(23,24)19-13-6-4-7-14(12-13)20-11-5-10-17(20)21/h2-4,6-9,12,19H,5,10-11H2,1H3. The third kappa shape index (κ3) is 3.55. The number of carbonyl (C=O) groups excluding carboxylic acids is 2. The van der Waals surface area contributed by atoms with Crippen LogP contribution in [0, 0.1) is 0 Å². The molecule has 8 heteroatoms. The largest absolute Gasteiger partial charge is 0.465 e. The lowest BCUT2D eigenvalue weighted by Crippen LogP contribution is -2.24. The summed E-state index contributed by atoms with van der Waals surface area (Å²) in [6.07, 6.45) is 1.27. The fourth-order valence-electron chi connectivity index (χ4n) is 2.85. The van der Waals surface area contributed by atoms with Crippen molar-refractivity contribution in [2.24, 2.45) is 0 Å². The molecule has 0 aliphatic carbocycles. The van der Waals surface area contributed by atoms with Crippen LogP contribution in [-0.4, -0.2) is 33.9 Å². The Kier molecular flexibility index (Phi) is 4.94. The number of hydrogen-bond donors (Lipinski definition) is 1. The normalized spacial score (nSPS) is 14.3. The van der Waals surface area contributed by atoms with Gasteiger partial charge in [-0.15, -0.1) is 0 Å². The molecular weight excluding hydrogens is 356 g/mol. The van der Waals surface area contributed by atoms with Crippen molar-refractivity contribution in [2.75, 3.05) is 23.3 Å². The molecule has 136 valence electrons. The highest BCUT2D eigenvalue weighted by atomic mass is 32.2. The Morgan fingerprint density at radius 3 is 2.62 bits per heavy atom. The van der Waals surface area contributed by atoms with Crippen molar-refractivity contribution in [3.05, 3.63) is 54.1 Å². The van der Waals surface area contributed by atoms with Gasteiger partial charge in [0.25, 0.3) is 10.0 Å². The number of esters is 1. The fourth-order valence-corrected chi connectivity index (χ4v) is 4.09. The van der Waals surface area contributed by atoms with Crippen molar-refractivity contribution in [1.29, 1.82) is 0 Å². The van der Waals surface area contributed by atoms with Crippen molar-refractivity contribution < 1.29 is 22.7 Å². The first-order chi connectivity index (χ1) is 12.4. The van der Waals surface area contributed by atoms with Crippen LogP contribution in [-0.2, 0) is 19.6 Å². The number of carbonyl (C=O) groups is 2. The van der Waals surface area contributed by atoms with Crippen LogP contribution in [0.1, 0.15) is 23.2 Å². The maximum atomic E-state index is 12.7. The van der Waals surface area contributed by atoms with Crippen LogP contribution < -0.4 is 9.62 Å². The predicted molar refractivity (Wildman–Crippen MR) is 96.6 cm³/mol. The Bertz CT molecular complexity index is 956. The van der Waals surface area contributed by atoms with E-state index >= 15 is 0 Å². The van der Waals surface area contributed by atoms with Gasteiger partial charge in [0.1, 0.15) is 4.90 Å². The number of hydrogen-bond acceptors (Lipinski definition) is 5. The van der Waals surface area contributed by atoms with Crippen LogP contribution in [0.15, 0.2) is 53.4 Å². The minimum Gasteiger partial charge on any atom is -0.465 e. The molecule has 0 aromatic heterocycles. The number of nitrogens with one attached hydrogen (secondary N) is 1. The van der Waals surface area contributed by atoms with Gasteiger partial charge in [0.05, 0.1) is 18.4 Å². The first-order valence-corrected chi connectivity index (χ1v) is 9.51. The average Bonchev–Trinajstić information content (AvgIpc) is 3.07. The molecule has 1 fully saturated rings. The van der Waals surface area contributed by atoms with Crippen molar-refractivity contribution >= 4 is 33.3 Å². The van der Waals surface area contributed by atoms with Gasteiger partial charge in [-0.25, -0.2) is 13.2 Å². The van der Waals surface area contributed by atoms with Crippen LogP contribution in [0.4, 0.5) is 11.4 Å². The van der Waals surface area contributed by atoms with Gasteiger partial charge in [-0.3, -0.25) is 9.52 Å². The van der Waals surface area contributed by atoms with Crippen LogP contribution in [0.5, 0.6) is 0 Å². The van der Waals surface area contributed by atoms with Gasteiger partial charge in [0, 0.05) is 18.7 Å². The van der Waals surface area contributed by atoms with Gasteiger partial charge in [-0.05, 0) is 36.8 Å². The fraction of sp³-hybridized carbons (Fsp3) is 0.222. The number of sulfonamides is 1. The molecule has 2 aromatic carbocycles. The van der Waals surface area contributed by atoms with E-state index in [9.17, 15) is 18.0 Å². The quantitative estimate of drug-likeness (QED) is 0.811. The average molecular weight is 374 g/mol. The monoisotopic (exact) mass is 374 g/mol. The van der Waals surface area contributed by atoms with E-state index < -0.39 is 16.0 Å². The predicted octanol–water partition coefficient (Wildman–Crippen LogP) is 2.40. The van der Waals surface area contributed by atoms with Crippen molar-refractivity contribution in [1.82, 2.24) is 0 Å². The number of ether oxygens (including phenoxy) is 1. The van der Waals surface area contributed by atoms with E-state index in [-0.39, 0.29) is 16.4 Å². The minimum atomic E-state index is -4.01.